The van der Waals surface area contributed by atoms with Crippen LogP contribution in [-0.4, -0.2) is 25.1 Å². The first-order valence-electron chi connectivity index (χ1n) is 14.6. The molecular weight excluding hydrogens is 432 g/mol. The first-order chi connectivity index (χ1) is 17.0. The molecule has 0 radical (unpaired) electrons. The van der Waals surface area contributed by atoms with Gasteiger partial charge in [0.2, 0.25) is 0 Å². The zero-order chi connectivity index (χ0) is 24.0. The van der Waals surface area contributed by atoms with Crippen LogP contribution < -0.4 is 0 Å². The van der Waals surface area contributed by atoms with Crippen LogP contribution in [0.15, 0.2) is 42.5 Å². The Morgan fingerprint density at radius 2 is 1.74 bits per heavy atom. The second-order valence-corrected chi connectivity index (χ2v) is 12.9. The monoisotopic (exact) mass is 478 g/mol. The van der Waals surface area contributed by atoms with E-state index < -0.39 is 0 Å². The maximum absolute atomic E-state index is 6.59. The van der Waals surface area contributed by atoms with E-state index in [1.165, 1.54) is 62.5 Å². The van der Waals surface area contributed by atoms with Gasteiger partial charge in [0.25, 0.3) is 0 Å². The number of benzene rings is 1. The Bertz CT molecular complexity index is 889. The van der Waals surface area contributed by atoms with E-state index in [0.29, 0.717) is 17.4 Å². The van der Waals surface area contributed by atoms with E-state index in [-0.39, 0.29) is 5.79 Å². The molecule has 5 aliphatic rings. The predicted octanol–water partition coefficient (Wildman–Crippen LogP) is 7.55. The summed E-state index contributed by atoms with van der Waals surface area (Å²) in [6.07, 6.45) is 13.4. The lowest BCUT2D eigenvalue weighted by Crippen LogP contribution is -2.52. The van der Waals surface area contributed by atoms with Crippen molar-refractivity contribution in [3.63, 3.8) is 0 Å². The normalized spacial score (nSPS) is 40.6. The number of allylic oxidation sites excluding steroid dienone is 1. The van der Waals surface area contributed by atoms with Crippen LogP contribution in [0.4, 0.5) is 0 Å². The fourth-order valence-electron chi connectivity index (χ4n) is 9.97. The third-order valence-electron chi connectivity index (χ3n) is 11.1. The minimum atomic E-state index is -0.226. The van der Waals surface area contributed by atoms with Crippen molar-refractivity contribution in [3.05, 3.63) is 48.0 Å². The lowest BCUT2D eigenvalue weighted by molar-refractivity contribution is -0.210. The molecule has 3 unspecified atom stereocenters. The molecule has 3 nitrogen and oxygen atoms in total. The molecule has 1 heterocycles. The standard InChI is InChI=1S/C32H46O3/c1-22(2)19-31-15-13-27-26-14-16-32(34-17-18-35-32)20-25(26)9-10-28(27)30(31)12-11-29(31)23(3)33-21-24-7-5-4-6-8-24/h4-8,23,25-30H,1,9-21H2,2-3H3/t23?,25?,26?,27-,28-,29-,30+,31+/m1/s1. The Balaban J connectivity index is 1.19. The summed E-state index contributed by atoms with van der Waals surface area (Å²) in [5.74, 6) is 4.78. The van der Waals surface area contributed by atoms with Crippen molar-refractivity contribution in [3.8, 4) is 0 Å². The molecule has 1 aliphatic heterocycles. The van der Waals surface area contributed by atoms with Gasteiger partial charge in [-0.15, -0.1) is 6.58 Å². The lowest BCUT2D eigenvalue weighted by atomic mass is 9.48. The molecule has 192 valence electrons. The Morgan fingerprint density at radius 1 is 0.971 bits per heavy atom. The predicted molar refractivity (Wildman–Crippen MR) is 140 cm³/mol. The molecule has 0 amide bonds. The first-order valence-corrected chi connectivity index (χ1v) is 14.6. The SMILES string of the molecule is C=C(C)C[C@]12CC[C@@H]3C4CCC5(CC4CC[C@H]3[C@@H]1CC[C@@H]2C(C)OCc1ccccc1)OCCO5. The van der Waals surface area contributed by atoms with E-state index in [0.717, 1.165) is 62.3 Å². The molecule has 1 aromatic carbocycles. The summed E-state index contributed by atoms with van der Waals surface area (Å²) < 4.78 is 18.9. The minimum absolute atomic E-state index is 0.226. The number of fused-ring (bicyclic) bond motifs is 5. The van der Waals surface area contributed by atoms with Crippen LogP contribution in [0.2, 0.25) is 0 Å². The Kier molecular flexibility index (Phi) is 6.65. The van der Waals surface area contributed by atoms with E-state index in [9.17, 15) is 0 Å². The zero-order valence-electron chi connectivity index (χ0n) is 22.1. The highest BCUT2D eigenvalue weighted by Crippen LogP contribution is 2.67. The molecule has 0 bridgehead atoms. The van der Waals surface area contributed by atoms with Crippen molar-refractivity contribution in [1.29, 1.82) is 0 Å². The maximum Gasteiger partial charge on any atom is 0.168 e. The fraction of sp³-hybridized carbons (Fsp3) is 0.750. The number of hydrogen-bond donors (Lipinski definition) is 0. The van der Waals surface area contributed by atoms with E-state index in [1.54, 1.807) is 0 Å². The summed E-state index contributed by atoms with van der Waals surface area (Å²) in [7, 11) is 0. The van der Waals surface area contributed by atoms with Crippen LogP contribution in [0.1, 0.15) is 83.6 Å². The van der Waals surface area contributed by atoms with E-state index in [2.05, 4.69) is 50.8 Å². The van der Waals surface area contributed by atoms with Gasteiger partial charge < -0.3 is 14.2 Å². The van der Waals surface area contributed by atoms with Gasteiger partial charge in [0.05, 0.1) is 25.9 Å². The topological polar surface area (TPSA) is 27.7 Å². The Morgan fingerprint density at radius 3 is 2.51 bits per heavy atom. The van der Waals surface area contributed by atoms with Crippen LogP contribution in [0.5, 0.6) is 0 Å². The van der Waals surface area contributed by atoms with Gasteiger partial charge in [-0.2, -0.15) is 0 Å². The van der Waals surface area contributed by atoms with Gasteiger partial charge in [0, 0.05) is 12.8 Å². The third kappa shape index (κ3) is 4.34. The molecule has 3 heteroatoms. The van der Waals surface area contributed by atoms with Crippen LogP contribution >= 0.6 is 0 Å². The quantitative estimate of drug-likeness (QED) is 0.395. The average molecular weight is 479 g/mol. The van der Waals surface area contributed by atoms with Gasteiger partial charge in [0.1, 0.15) is 0 Å². The van der Waals surface area contributed by atoms with Crippen LogP contribution in [0.3, 0.4) is 0 Å². The summed E-state index contributed by atoms with van der Waals surface area (Å²) >= 11 is 0. The number of ether oxygens (including phenoxy) is 3. The van der Waals surface area contributed by atoms with Crippen LogP contribution in [0.25, 0.3) is 0 Å². The fourth-order valence-corrected chi connectivity index (χ4v) is 9.97. The highest BCUT2D eigenvalue weighted by Gasteiger charge is 2.60. The van der Waals surface area contributed by atoms with Gasteiger partial charge in [-0.05, 0) is 112 Å². The zero-order valence-corrected chi connectivity index (χ0v) is 22.1. The summed E-state index contributed by atoms with van der Waals surface area (Å²) in [6.45, 7) is 11.4. The molecule has 0 aromatic heterocycles. The molecule has 35 heavy (non-hydrogen) atoms. The van der Waals surface area contributed by atoms with Crippen molar-refractivity contribution in [1.82, 2.24) is 0 Å². The molecular formula is C32H46O3. The number of rotatable bonds is 6. The summed E-state index contributed by atoms with van der Waals surface area (Å²) in [6, 6.07) is 10.7. The van der Waals surface area contributed by atoms with Gasteiger partial charge in [0.15, 0.2) is 5.79 Å². The lowest BCUT2D eigenvalue weighted by Gasteiger charge is -2.58. The summed E-state index contributed by atoms with van der Waals surface area (Å²) in [4.78, 5) is 0. The molecule has 1 spiro atoms. The Hall–Kier alpha value is -1.16. The molecule has 1 aromatic rings. The van der Waals surface area contributed by atoms with Crippen LogP contribution in [-0.2, 0) is 20.8 Å². The second-order valence-electron chi connectivity index (χ2n) is 12.9. The summed E-state index contributed by atoms with van der Waals surface area (Å²) in [5, 5.41) is 0. The largest absolute Gasteiger partial charge is 0.374 e. The van der Waals surface area contributed by atoms with E-state index in [1.807, 2.05) is 0 Å². The third-order valence-corrected chi connectivity index (χ3v) is 11.1. The smallest absolute Gasteiger partial charge is 0.168 e. The molecule has 5 fully saturated rings. The van der Waals surface area contributed by atoms with E-state index in [4.69, 9.17) is 14.2 Å². The van der Waals surface area contributed by atoms with Crippen molar-refractivity contribution in [2.24, 2.45) is 40.9 Å². The van der Waals surface area contributed by atoms with Gasteiger partial charge in [-0.1, -0.05) is 35.9 Å². The van der Waals surface area contributed by atoms with Crippen molar-refractivity contribution in [2.75, 3.05) is 13.2 Å². The summed E-state index contributed by atoms with van der Waals surface area (Å²) in [5.41, 5.74) is 3.05. The van der Waals surface area contributed by atoms with Crippen molar-refractivity contribution >= 4 is 0 Å². The molecule has 6 rings (SSSR count). The van der Waals surface area contributed by atoms with Crippen molar-refractivity contribution < 1.29 is 14.2 Å². The van der Waals surface area contributed by atoms with Gasteiger partial charge in [-0.3, -0.25) is 0 Å². The maximum atomic E-state index is 6.59. The number of hydrogen-bond acceptors (Lipinski definition) is 3. The van der Waals surface area contributed by atoms with Gasteiger partial charge in [-0.25, -0.2) is 0 Å². The van der Waals surface area contributed by atoms with Crippen LogP contribution in [0, 0.1) is 40.9 Å². The average Bonchev–Trinajstić information content (AvgIpc) is 3.47. The Labute approximate surface area is 213 Å². The molecule has 1 saturated heterocycles. The minimum Gasteiger partial charge on any atom is -0.374 e. The molecule has 0 N–H and O–H groups in total. The molecule has 4 saturated carbocycles. The highest BCUT2D eigenvalue weighted by atomic mass is 16.7. The molecule has 4 aliphatic carbocycles. The highest BCUT2D eigenvalue weighted by molar-refractivity contribution is 5.15. The van der Waals surface area contributed by atoms with Gasteiger partial charge >= 0.3 is 0 Å². The second kappa shape index (κ2) is 9.62. The first kappa shape index (κ1) is 24.2. The van der Waals surface area contributed by atoms with Crippen molar-refractivity contribution in [2.45, 2.75) is 96.6 Å². The van der Waals surface area contributed by atoms with E-state index >= 15 is 0 Å². The molecule has 8 atom stereocenters.